The minimum atomic E-state index is -0.750. The van der Waals surface area contributed by atoms with E-state index in [4.69, 9.17) is 4.74 Å². The van der Waals surface area contributed by atoms with Crippen molar-refractivity contribution in [3.63, 3.8) is 0 Å². The van der Waals surface area contributed by atoms with E-state index >= 15 is 0 Å². The highest BCUT2D eigenvalue weighted by Gasteiger charge is 2.34. The van der Waals surface area contributed by atoms with E-state index in [1.54, 1.807) is 6.08 Å². The van der Waals surface area contributed by atoms with Crippen LogP contribution < -0.4 is 4.74 Å². The first-order valence-corrected chi connectivity index (χ1v) is 8.74. The smallest absolute Gasteiger partial charge is 0.291 e. The number of ether oxygens (including phenoxy) is 1. The first-order chi connectivity index (χ1) is 13.2. The summed E-state index contributed by atoms with van der Waals surface area (Å²) in [6.45, 7) is 0. The van der Waals surface area contributed by atoms with E-state index in [-0.39, 0.29) is 10.6 Å². The topological polar surface area (TPSA) is 52.4 Å². The first kappa shape index (κ1) is 15.6. The summed E-state index contributed by atoms with van der Waals surface area (Å²) in [6.07, 6.45) is 0.910. The summed E-state index contributed by atoms with van der Waals surface area (Å²) in [4.78, 5) is 11.5. The van der Waals surface area contributed by atoms with E-state index in [0.29, 0.717) is 5.75 Å². The molecule has 27 heavy (non-hydrogen) atoms. The molecule has 1 heterocycles. The van der Waals surface area contributed by atoms with E-state index in [1.165, 1.54) is 0 Å². The third-order valence-electron chi connectivity index (χ3n) is 5.05. The summed E-state index contributed by atoms with van der Waals surface area (Å²) in [5.41, 5.74) is 1.61. The average Bonchev–Trinajstić information content (AvgIpc) is 2.72. The number of hydrogen-bond donors (Lipinski definition) is 0. The Morgan fingerprint density at radius 1 is 0.778 bits per heavy atom. The lowest BCUT2D eigenvalue weighted by Gasteiger charge is -2.24. The lowest BCUT2D eigenvalue weighted by atomic mass is 9.94. The molecule has 4 aromatic rings. The molecule has 0 aromatic heterocycles. The number of benzene rings is 4. The molecule has 4 nitrogen and oxygen atoms in total. The molecule has 0 unspecified atom stereocenters. The van der Waals surface area contributed by atoms with Gasteiger partial charge in [-0.1, -0.05) is 72.8 Å². The summed E-state index contributed by atoms with van der Waals surface area (Å²) in [7, 11) is 0. The third kappa shape index (κ3) is 2.46. The van der Waals surface area contributed by atoms with Gasteiger partial charge in [-0.25, -0.2) is 0 Å². The van der Waals surface area contributed by atoms with Gasteiger partial charge in [-0.05, 0) is 27.6 Å². The highest BCUT2D eigenvalue weighted by atomic mass is 16.6. The van der Waals surface area contributed by atoms with Crippen molar-refractivity contribution in [1.29, 1.82) is 0 Å². The largest absolute Gasteiger partial charge is 0.474 e. The molecule has 0 N–H and O–H groups in total. The lowest BCUT2D eigenvalue weighted by Crippen LogP contribution is -2.20. The van der Waals surface area contributed by atoms with Crippen LogP contribution in [-0.2, 0) is 0 Å². The Morgan fingerprint density at radius 3 is 2.22 bits per heavy atom. The molecule has 1 atom stereocenters. The maximum Gasteiger partial charge on any atom is 0.291 e. The first-order valence-electron chi connectivity index (χ1n) is 8.74. The fourth-order valence-electron chi connectivity index (χ4n) is 3.79. The molecular formula is C23H15NO3. The molecule has 0 fully saturated rings. The Bertz CT molecular complexity index is 1240. The molecule has 0 radical (unpaired) electrons. The third-order valence-corrected chi connectivity index (χ3v) is 5.05. The standard InChI is InChI=1S/C23H15NO3/c25-24(26)21-14-20-18-10-4-2-7-16(18)12-13-22(20)27-23(21)19-11-5-8-15-6-1-3-9-17(15)19/h1-14,23H/t23-/m1/s1. The Labute approximate surface area is 155 Å². The molecule has 1 aliphatic rings. The van der Waals surface area contributed by atoms with Gasteiger partial charge in [0.05, 0.1) is 4.92 Å². The maximum absolute atomic E-state index is 11.9. The van der Waals surface area contributed by atoms with Crippen LogP contribution in [0.15, 0.2) is 84.6 Å². The van der Waals surface area contributed by atoms with Crippen molar-refractivity contribution in [2.24, 2.45) is 0 Å². The number of rotatable bonds is 2. The van der Waals surface area contributed by atoms with Gasteiger partial charge in [0.15, 0.2) is 0 Å². The molecule has 4 heteroatoms. The van der Waals surface area contributed by atoms with Crippen molar-refractivity contribution in [3.05, 3.63) is 106 Å². The molecule has 5 rings (SSSR count). The number of fused-ring (bicyclic) bond motifs is 4. The summed E-state index contributed by atoms with van der Waals surface area (Å²) in [6, 6.07) is 25.4. The van der Waals surface area contributed by atoms with E-state index in [9.17, 15) is 10.1 Å². The van der Waals surface area contributed by atoms with Gasteiger partial charge in [-0.15, -0.1) is 0 Å². The second-order valence-electron chi connectivity index (χ2n) is 6.59. The zero-order chi connectivity index (χ0) is 18.4. The molecule has 0 amide bonds. The molecule has 1 aliphatic heterocycles. The van der Waals surface area contributed by atoms with Crippen LogP contribution in [0.3, 0.4) is 0 Å². The van der Waals surface area contributed by atoms with Crippen molar-refractivity contribution >= 4 is 27.6 Å². The predicted octanol–water partition coefficient (Wildman–Crippen LogP) is 5.74. The molecule has 0 bridgehead atoms. The van der Waals surface area contributed by atoms with E-state index in [2.05, 4.69) is 0 Å². The Kier molecular flexibility index (Phi) is 3.44. The van der Waals surface area contributed by atoms with Gasteiger partial charge in [0.2, 0.25) is 6.10 Å². The van der Waals surface area contributed by atoms with Crippen LogP contribution in [0.4, 0.5) is 0 Å². The van der Waals surface area contributed by atoms with Gasteiger partial charge in [0.1, 0.15) is 5.75 Å². The highest BCUT2D eigenvalue weighted by molar-refractivity contribution is 5.94. The number of nitrogens with zero attached hydrogens (tertiary/aromatic N) is 1. The quantitative estimate of drug-likeness (QED) is 0.341. The van der Waals surface area contributed by atoms with Crippen LogP contribution in [0.1, 0.15) is 17.2 Å². The summed E-state index contributed by atoms with van der Waals surface area (Å²) < 4.78 is 6.20. The van der Waals surface area contributed by atoms with Crippen molar-refractivity contribution in [1.82, 2.24) is 0 Å². The van der Waals surface area contributed by atoms with Crippen LogP contribution in [-0.4, -0.2) is 4.92 Å². The van der Waals surface area contributed by atoms with Crippen molar-refractivity contribution < 1.29 is 9.66 Å². The van der Waals surface area contributed by atoms with Gasteiger partial charge >= 0.3 is 0 Å². The molecule has 0 saturated heterocycles. The van der Waals surface area contributed by atoms with Crippen molar-refractivity contribution in [2.75, 3.05) is 0 Å². The molecule has 0 saturated carbocycles. The van der Waals surface area contributed by atoms with Crippen molar-refractivity contribution in [3.8, 4) is 5.75 Å². The zero-order valence-electron chi connectivity index (χ0n) is 14.3. The van der Waals surface area contributed by atoms with Gasteiger partial charge in [0, 0.05) is 17.2 Å². The van der Waals surface area contributed by atoms with Crippen molar-refractivity contribution in [2.45, 2.75) is 6.10 Å². The van der Waals surface area contributed by atoms with Crippen LogP contribution in [0, 0.1) is 10.1 Å². The van der Waals surface area contributed by atoms with Gasteiger partial charge in [-0.2, -0.15) is 0 Å². The lowest BCUT2D eigenvalue weighted by molar-refractivity contribution is -0.434. The van der Waals surface area contributed by atoms with Crippen LogP contribution in [0.25, 0.3) is 27.6 Å². The normalized spacial score (nSPS) is 15.9. The molecule has 0 aliphatic carbocycles. The molecular weight excluding hydrogens is 338 g/mol. The van der Waals surface area contributed by atoms with Crippen LogP contribution in [0.2, 0.25) is 0 Å². The minimum Gasteiger partial charge on any atom is -0.474 e. The van der Waals surface area contributed by atoms with Crippen LogP contribution >= 0.6 is 0 Å². The number of hydrogen-bond acceptors (Lipinski definition) is 3. The van der Waals surface area contributed by atoms with E-state index < -0.39 is 6.10 Å². The Hall–Kier alpha value is -3.66. The second kappa shape index (κ2) is 5.95. The average molecular weight is 353 g/mol. The summed E-state index contributed by atoms with van der Waals surface area (Å²) >= 11 is 0. The Morgan fingerprint density at radius 2 is 1.44 bits per heavy atom. The molecule has 0 spiro atoms. The summed E-state index contributed by atoms with van der Waals surface area (Å²) in [5, 5.41) is 15.9. The Balaban J connectivity index is 1.75. The highest BCUT2D eigenvalue weighted by Crippen LogP contribution is 2.42. The zero-order valence-corrected chi connectivity index (χ0v) is 14.3. The monoisotopic (exact) mass is 353 g/mol. The minimum absolute atomic E-state index is 0.0511. The molecule has 130 valence electrons. The maximum atomic E-state index is 11.9. The predicted molar refractivity (Wildman–Crippen MR) is 106 cm³/mol. The molecule has 4 aromatic carbocycles. The summed E-state index contributed by atoms with van der Waals surface area (Å²) in [5.74, 6) is 0.664. The SMILES string of the molecule is O=[N+]([O-])C1=Cc2c(ccc3ccccc23)O[C@@H]1c1cccc2ccccc12. The van der Waals surface area contributed by atoms with Gasteiger partial charge < -0.3 is 4.74 Å². The number of nitro groups is 1. The van der Waals surface area contributed by atoms with E-state index in [0.717, 1.165) is 32.7 Å². The van der Waals surface area contributed by atoms with E-state index in [1.807, 2.05) is 78.9 Å². The van der Waals surface area contributed by atoms with Gasteiger partial charge in [-0.3, -0.25) is 10.1 Å². The van der Waals surface area contributed by atoms with Crippen LogP contribution in [0.5, 0.6) is 5.75 Å². The second-order valence-corrected chi connectivity index (χ2v) is 6.59. The fraction of sp³-hybridized carbons (Fsp3) is 0.0435. The van der Waals surface area contributed by atoms with Gasteiger partial charge in [0.25, 0.3) is 5.70 Å². The fourth-order valence-corrected chi connectivity index (χ4v) is 3.79.